The second-order valence-corrected chi connectivity index (χ2v) is 1.91. The van der Waals surface area contributed by atoms with E-state index in [1.807, 2.05) is 0 Å². The second-order valence-electron chi connectivity index (χ2n) is 0.987. The molecular formula is C3H5BCl2. The molecule has 6 heavy (non-hydrogen) atoms. The largest absolute Gasteiger partial charge is 0.125 e. The van der Waals surface area contributed by atoms with Crippen molar-refractivity contribution >= 4 is 31.0 Å². The van der Waals surface area contributed by atoms with Gasteiger partial charge in [0.25, 0.3) is 0 Å². The van der Waals surface area contributed by atoms with Gasteiger partial charge >= 0.3 is 0 Å². The van der Waals surface area contributed by atoms with Crippen LogP contribution in [0.4, 0.5) is 0 Å². The Morgan fingerprint density at radius 2 is 2.17 bits per heavy atom. The SMILES string of the molecule is [B]CC(Cl)CCl. The van der Waals surface area contributed by atoms with E-state index in [1.54, 1.807) is 0 Å². The van der Waals surface area contributed by atoms with E-state index >= 15 is 0 Å². The molecule has 2 radical (unpaired) electrons. The van der Waals surface area contributed by atoms with Gasteiger partial charge in [0.05, 0.1) is 7.85 Å². The van der Waals surface area contributed by atoms with Crippen LogP contribution in [0.3, 0.4) is 0 Å². The van der Waals surface area contributed by atoms with Crippen LogP contribution < -0.4 is 0 Å². The first-order chi connectivity index (χ1) is 2.81. The lowest BCUT2D eigenvalue weighted by Crippen LogP contribution is -1.96. The summed E-state index contributed by atoms with van der Waals surface area (Å²) >= 11 is 10.6. The maximum Gasteiger partial charge on any atom is 0.0673 e. The van der Waals surface area contributed by atoms with Crippen LogP contribution in [0.2, 0.25) is 6.32 Å². The Labute approximate surface area is 49.2 Å². The molecule has 0 aliphatic heterocycles. The van der Waals surface area contributed by atoms with Crippen molar-refractivity contribution in [2.24, 2.45) is 0 Å². The van der Waals surface area contributed by atoms with Gasteiger partial charge in [-0.25, -0.2) is 0 Å². The number of hydrogen-bond donors (Lipinski definition) is 0. The van der Waals surface area contributed by atoms with Gasteiger partial charge in [0.1, 0.15) is 0 Å². The van der Waals surface area contributed by atoms with Crippen molar-refractivity contribution in [3.8, 4) is 0 Å². The molecule has 0 spiro atoms. The Morgan fingerprint density at radius 1 is 1.67 bits per heavy atom. The lowest BCUT2D eigenvalue weighted by molar-refractivity contribution is 1.10. The number of hydrogen-bond acceptors (Lipinski definition) is 0. The summed E-state index contributed by atoms with van der Waals surface area (Å²) in [6, 6.07) is 0. The van der Waals surface area contributed by atoms with Crippen molar-refractivity contribution in [3.63, 3.8) is 0 Å². The lowest BCUT2D eigenvalue weighted by atomic mass is 10.0. The molecule has 34 valence electrons. The smallest absolute Gasteiger partial charge is 0.0673 e. The molecule has 0 aromatic heterocycles. The molecule has 0 nitrogen and oxygen atoms in total. The molecule has 0 rings (SSSR count). The molecular weight excluding hydrogens is 118 g/mol. The molecule has 0 amide bonds. The number of alkyl halides is 2. The van der Waals surface area contributed by atoms with Gasteiger partial charge in [0, 0.05) is 11.3 Å². The molecule has 0 aromatic rings. The monoisotopic (exact) mass is 122 g/mol. The molecule has 0 N–H and O–H groups in total. The highest BCUT2D eigenvalue weighted by Gasteiger charge is 1.93. The van der Waals surface area contributed by atoms with Crippen LogP contribution in [0.15, 0.2) is 0 Å². The van der Waals surface area contributed by atoms with E-state index in [1.165, 1.54) is 0 Å². The highest BCUT2D eigenvalue weighted by atomic mass is 35.5. The first-order valence-electron chi connectivity index (χ1n) is 1.71. The van der Waals surface area contributed by atoms with Gasteiger partial charge < -0.3 is 0 Å². The van der Waals surface area contributed by atoms with Gasteiger partial charge in [-0.1, -0.05) is 6.32 Å². The van der Waals surface area contributed by atoms with E-state index in [-0.39, 0.29) is 5.38 Å². The first kappa shape index (κ1) is 6.64. The number of rotatable bonds is 2. The predicted octanol–water partition coefficient (Wildman–Crippen LogP) is 1.42. The van der Waals surface area contributed by atoms with Gasteiger partial charge in [0.2, 0.25) is 0 Å². The van der Waals surface area contributed by atoms with Crippen LogP contribution in [0.1, 0.15) is 0 Å². The van der Waals surface area contributed by atoms with Crippen molar-refractivity contribution in [1.29, 1.82) is 0 Å². The average molecular weight is 123 g/mol. The summed E-state index contributed by atoms with van der Waals surface area (Å²) in [5.41, 5.74) is 0. The van der Waals surface area contributed by atoms with E-state index < -0.39 is 0 Å². The zero-order valence-electron chi connectivity index (χ0n) is 3.32. The topological polar surface area (TPSA) is 0 Å². The molecule has 0 saturated heterocycles. The van der Waals surface area contributed by atoms with Crippen LogP contribution in [0.25, 0.3) is 0 Å². The van der Waals surface area contributed by atoms with Gasteiger partial charge in [-0.15, -0.1) is 23.2 Å². The molecule has 3 heteroatoms. The normalized spacial score (nSPS) is 14.3. The Hall–Kier alpha value is 0.645. The van der Waals surface area contributed by atoms with Crippen LogP contribution >= 0.6 is 23.2 Å². The van der Waals surface area contributed by atoms with Crippen LogP contribution in [-0.4, -0.2) is 19.1 Å². The fourth-order valence-corrected chi connectivity index (χ4v) is 0.189. The zero-order valence-corrected chi connectivity index (χ0v) is 4.84. The van der Waals surface area contributed by atoms with Crippen LogP contribution in [0, 0.1) is 0 Å². The maximum atomic E-state index is 5.39. The summed E-state index contributed by atoms with van der Waals surface area (Å²) in [5, 5.41) is -0.0494. The molecule has 0 heterocycles. The standard InChI is InChI=1S/C3H5BCl2/c4-1-3(6)2-5/h3H,1-2H2. The molecule has 0 saturated carbocycles. The van der Waals surface area contributed by atoms with E-state index in [4.69, 9.17) is 31.0 Å². The number of halogens is 2. The first-order valence-corrected chi connectivity index (χ1v) is 2.68. The van der Waals surface area contributed by atoms with Gasteiger partial charge in [-0.3, -0.25) is 0 Å². The van der Waals surface area contributed by atoms with Gasteiger partial charge in [-0.05, 0) is 0 Å². The van der Waals surface area contributed by atoms with Crippen LogP contribution in [0.5, 0.6) is 0 Å². The molecule has 0 bridgehead atoms. The summed E-state index contributed by atoms with van der Waals surface area (Å²) in [7, 11) is 5.07. The second kappa shape index (κ2) is 3.82. The highest BCUT2D eigenvalue weighted by molar-refractivity contribution is 6.30. The summed E-state index contributed by atoms with van der Waals surface area (Å²) in [5.74, 6) is 0.443. The van der Waals surface area contributed by atoms with E-state index in [0.717, 1.165) is 0 Å². The Bertz CT molecular complexity index is 28.0. The summed E-state index contributed by atoms with van der Waals surface area (Å²) < 4.78 is 0. The predicted molar refractivity (Wildman–Crippen MR) is 30.9 cm³/mol. The third-order valence-electron chi connectivity index (χ3n) is 0.423. The van der Waals surface area contributed by atoms with Crippen LogP contribution in [-0.2, 0) is 0 Å². The molecule has 1 unspecified atom stereocenters. The minimum atomic E-state index is -0.0494. The quantitative estimate of drug-likeness (QED) is 0.384. The summed E-state index contributed by atoms with van der Waals surface area (Å²) in [6.07, 6.45) is 0.463. The van der Waals surface area contributed by atoms with Crippen molar-refractivity contribution in [2.75, 3.05) is 5.88 Å². The molecule has 1 atom stereocenters. The molecule has 0 aliphatic carbocycles. The third kappa shape index (κ3) is 2.86. The molecule has 0 aromatic carbocycles. The lowest BCUT2D eigenvalue weighted by Gasteiger charge is -1.94. The highest BCUT2D eigenvalue weighted by Crippen LogP contribution is 2.00. The third-order valence-corrected chi connectivity index (χ3v) is 1.29. The summed E-state index contributed by atoms with van der Waals surface area (Å²) in [4.78, 5) is 0. The van der Waals surface area contributed by atoms with E-state index in [2.05, 4.69) is 0 Å². The van der Waals surface area contributed by atoms with E-state index in [0.29, 0.717) is 12.2 Å². The Kier molecular flexibility index (Phi) is 4.23. The summed E-state index contributed by atoms with van der Waals surface area (Å²) in [6.45, 7) is 0. The zero-order chi connectivity index (χ0) is 4.99. The molecule has 0 fully saturated rings. The average Bonchev–Trinajstić information content (AvgIpc) is 1.65. The Morgan fingerprint density at radius 3 is 2.17 bits per heavy atom. The van der Waals surface area contributed by atoms with Crippen molar-refractivity contribution in [1.82, 2.24) is 0 Å². The maximum absolute atomic E-state index is 5.39. The van der Waals surface area contributed by atoms with Crippen molar-refractivity contribution < 1.29 is 0 Å². The fraction of sp³-hybridized carbons (Fsp3) is 1.00. The van der Waals surface area contributed by atoms with E-state index in [9.17, 15) is 0 Å². The van der Waals surface area contributed by atoms with Gasteiger partial charge in [0.15, 0.2) is 0 Å². The minimum Gasteiger partial charge on any atom is -0.125 e. The van der Waals surface area contributed by atoms with Gasteiger partial charge in [-0.2, -0.15) is 0 Å². The molecule has 0 aliphatic rings. The van der Waals surface area contributed by atoms with Crippen molar-refractivity contribution in [2.45, 2.75) is 11.7 Å². The van der Waals surface area contributed by atoms with Crippen molar-refractivity contribution in [3.05, 3.63) is 0 Å². The Balaban J connectivity index is 2.75. The fourth-order valence-electron chi connectivity index (χ4n) is 0.0630. The minimum absolute atomic E-state index is 0.0494.